The maximum absolute atomic E-state index is 13.7. The van der Waals surface area contributed by atoms with E-state index in [9.17, 15) is 14.0 Å². The second-order valence-corrected chi connectivity index (χ2v) is 8.61. The van der Waals surface area contributed by atoms with E-state index in [0.717, 1.165) is 11.3 Å². The van der Waals surface area contributed by atoms with Gasteiger partial charge in [0.15, 0.2) is 5.78 Å². The van der Waals surface area contributed by atoms with Crippen LogP contribution in [-0.2, 0) is 10.3 Å². The minimum Gasteiger partial charge on any atom is -0.343 e. The summed E-state index contributed by atoms with van der Waals surface area (Å²) in [6.45, 7) is 5.99. The smallest absolute Gasteiger partial charge is 0.270 e. The van der Waals surface area contributed by atoms with Gasteiger partial charge in [0.1, 0.15) is 11.6 Å². The van der Waals surface area contributed by atoms with Gasteiger partial charge in [-0.05, 0) is 60.8 Å². The number of hydrogen-bond donors (Lipinski definition) is 2. The molecule has 26 heavy (non-hydrogen) atoms. The third-order valence-electron chi connectivity index (χ3n) is 4.96. The quantitative estimate of drug-likeness (QED) is 0.733. The Bertz CT molecular complexity index is 1030. The Morgan fingerprint density at radius 1 is 1.23 bits per heavy atom. The maximum Gasteiger partial charge on any atom is 0.270 e. The van der Waals surface area contributed by atoms with Crippen molar-refractivity contribution in [1.82, 2.24) is 9.78 Å². The number of nitrogens with zero attached hydrogens (tertiary/aromatic N) is 1. The van der Waals surface area contributed by atoms with E-state index in [2.05, 4.69) is 26.3 Å². The van der Waals surface area contributed by atoms with Gasteiger partial charge in [0.25, 0.3) is 5.56 Å². The van der Waals surface area contributed by atoms with E-state index >= 15 is 0 Å². The Labute approximate surface area is 158 Å². The average molecular weight is 420 g/mol. The van der Waals surface area contributed by atoms with E-state index in [1.807, 2.05) is 25.5 Å². The highest BCUT2D eigenvalue weighted by molar-refractivity contribution is 9.10. The van der Waals surface area contributed by atoms with Gasteiger partial charge >= 0.3 is 0 Å². The highest BCUT2D eigenvalue weighted by Crippen LogP contribution is 2.46. The second kappa shape index (κ2) is 5.67. The summed E-state index contributed by atoms with van der Waals surface area (Å²) in [6.07, 6.45) is 1.05. The molecule has 0 spiro atoms. The molecule has 1 aliphatic heterocycles. The highest BCUT2D eigenvalue weighted by Gasteiger charge is 2.41. The molecule has 1 aromatic carbocycles. The van der Waals surface area contributed by atoms with E-state index < -0.39 is 5.92 Å². The van der Waals surface area contributed by atoms with E-state index in [4.69, 9.17) is 0 Å². The number of halogens is 2. The lowest BCUT2D eigenvalue weighted by Crippen LogP contribution is -2.27. The van der Waals surface area contributed by atoms with Gasteiger partial charge in [0.2, 0.25) is 0 Å². The number of rotatable bonds is 1. The van der Waals surface area contributed by atoms with Gasteiger partial charge in [-0.2, -0.15) is 0 Å². The molecule has 0 fully saturated rings. The van der Waals surface area contributed by atoms with Crippen molar-refractivity contribution >= 4 is 27.5 Å². The molecular weight excluding hydrogens is 401 g/mol. The fourth-order valence-corrected chi connectivity index (χ4v) is 4.19. The monoisotopic (exact) mass is 419 g/mol. The zero-order valence-corrected chi connectivity index (χ0v) is 16.3. The maximum atomic E-state index is 13.7. The summed E-state index contributed by atoms with van der Waals surface area (Å²) >= 11 is 3.21. The van der Waals surface area contributed by atoms with Crippen molar-refractivity contribution in [3.05, 3.63) is 61.2 Å². The van der Waals surface area contributed by atoms with Crippen LogP contribution in [0.25, 0.3) is 0 Å². The van der Waals surface area contributed by atoms with Crippen molar-refractivity contribution in [3.8, 4) is 0 Å². The first kappa shape index (κ1) is 17.3. The zero-order chi connectivity index (χ0) is 18.8. The van der Waals surface area contributed by atoms with Gasteiger partial charge in [-0.3, -0.25) is 19.4 Å². The van der Waals surface area contributed by atoms with E-state index in [1.165, 1.54) is 6.07 Å². The van der Waals surface area contributed by atoms with Crippen LogP contribution in [0.2, 0.25) is 0 Å². The van der Waals surface area contributed by atoms with Gasteiger partial charge in [-0.25, -0.2) is 4.39 Å². The zero-order valence-electron chi connectivity index (χ0n) is 14.7. The van der Waals surface area contributed by atoms with Crippen LogP contribution in [0, 0.1) is 5.82 Å². The highest BCUT2D eigenvalue weighted by atomic mass is 79.9. The van der Waals surface area contributed by atoms with Crippen molar-refractivity contribution in [2.75, 3.05) is 5.32 Å². The number of anilines is 1. The number of allylic oxidation sites excluding steroid dienone is 2. The number of H-pyrrole nitrogens is 1. The van der Waals surface area contributed by atoms with Gasteiger partial charge < -0.3 is 5.32 Å². The number of nitrogens with one attached hydrogen (secondary N) is 2. The molecule has 5 nitrogen and oxygen atoms in total. The van der Waals surface area contributed by atoms with Crippen LogP contribution in [0.5, 0.6) is 0 Å². The first-order valence-electron chi connectivity index (χ1n) is 8.52. The molecule has 0 bridgehead atoms. The van der Waals surface area contributed by atoms with Crippen molar-refractivity contribution in [2.45, 2.75) is 45.1 Å². The largest absolute Gasteiger partial charge is 0.343 e. The number of benzene rings is 1. The number of carbonyl (C=O) groups is 1. The molecule has 1 aliphatic carbocycles. The Kier molecular flexibility index (Phi) is 3.77. The van der Waals surface area contributed by atoms with Crippen LogP contribution in [0.3, 0.4) is 0 Å². The molecule has 2 N–H and O–H groups in total. The van der Waals surface area contributed by atoms with Gasteiger partial charge in [-0.15, -0.1) is 0 Å². The lowest BCUT2D eigenvalue weighted by atomic mass is 9.82. The topological polar surface area (TPSA) is 66.9 Å². The van der Waals surface area contributed by atoms with Crippen molar-refractivity contribution in [3.63, 3.8) is 0 Å². The molecule has 2 aliphatic rings. The van der Waals surface area contributed by atoms with Gasteiger partial charge in [0.05, 0.1) is 15.6 Å². The molecule has 2 aromatic rings. The van der Waals surface area contributed by atoms with Crippen LogP contribution in [0.15, 0.2) is 38.7 Å². The van der Waals surface area contributed by atoms with Crippen LogP contribution in [-0.4, -0.2) is 15.6 Å². The first-order valence-corrected chi connectivity index (χ1v) is 9.31. The molecule has 1 atom stereocenters. The third-order valence-corrected chi connectivity index (χ3v) is 5.57. The number of ketones is 1. The predicted molar refractivity (Wildman–Crippen MR) is 101 cm³/mol. The molecule has 1 unspecified atom stereocenters. The number of aromatic nitrogens is 2. The summed E-state index contributed by atoms with van der Waals surface area (Å²) in [5.41, 5.74) is 2.12. The SMILES string of the molecule is CC(C)(C)n1[nH]c(=O)c2c1NC1=C(C(=O)CC1)C2c1ccc(F)c(Br)c1. The van der Waals surface area contributed by atoms with Gasteiger partial charge in [0, 0.05) is 23.6 Å². The van der Waals surface area contributed by atoms with Crippen LogP contribution >= 0.6 is 15.9 Å². The fraction of sp³-hybridized carbons (Fsp3) is 0.368. The molecule has 1 aromatic heterocycles. The minimum absolute atomic E-state index is 0.0338. The molecule has 4 rings (SSSR count). The van der Waals surface area contributed by atoms with Crippen molar-refractivity contribution in [2.24, 2.45) is 0 Å². The lowest BCUT2D eigenvalue weighted by Gasteiger charge is -2.30. The van der Waals surface area contributed by atoms with Gasteiger partial charge in [-0.1, -0.05) is 6.07 Å². The normalized spacial score (nSPS) is 19.4. The van der Waals surface area contributed by atoms with E-state index in [0.29, 0.717) is 34.3 Å². The predicted octanol–water partition coefficient (Wildman–Crippen LogP) is 4.01. The summed E-state index contributed by atoms with van der Waals surface area (Å²) in [6, 6.07) is 4.65. The fourth-order valence-electron chi connectivity index (χ4n) is 3.79. The first-order chi connectivity index (χ1) is 12.2. The molecule has 0 saturated heterocycles. The average Bonchev–Trinajstić information content (AvgIpc) is 3.09. The van der Waals surface area contributed by atoms with E-state index in [-0.39, 0.29) is 22.7 Å². The summed E-state index contributed by atoms with van der Waals surface area (Å²) in [5, 5.41) is 6.22. The van der Waals surface area contributed by atoms with Crippen LogP contribution in [0.1, 0.15) is 50.7 Å². The number of Topliss-reactive ketones (excluding diaryl/α,β-unsaturated/α-hetero) is 1. The molecule has 7 heteroatoms. The minimum atomic E-state index is -0.500. The van der Waals surface area contributed by atoms with Crippen molar-refractivity contribution < 1.29 is 9.18 Å². The van der Waals surface area contributed by atoms with Crippen LogP contribution in [0.4, 0.5) is 10.2 Å². The lowest BCUT2D eigenvalue weighted by molar-refractivity contribution is -0.115. The Balaban J connectivity index is 2.00. The number of aromatic amines is 1. The molecule has 2 heterocycles. The van der Waals surface area contributed by atoms with Crippen molar-refractivity contribution in [1.29, 1.82) is 0 Å². The van der Waals surface area contributed by atoms with Crippen LogP contribution < -0.4 is 10.9 Å². The summed E-state index contributed by atoms with van der Waals surface area (Å²) in [4.78, 5) is 25.4. The summed E-state index contributed by atoms with van der Waals surface area (Å²) in [5.74, 6) is -0.163. The summed E-state index contributed by atoms with van der Waals surface area (Å²) in [7, 11) is 0. The summed E-state index contributed by atoms with van der Waals surface area (Å²) < 4.78 is 15.9. The molecular formula is C19H19BrFN3O2. The molecule has 136 valence electrons. The Hall–Kier alpha value is -2.15. The number of hydrogen-bond acceptors (Lipinski definition) is 3. The van der Waals surface area contributed by atoms with E-state index in [1.54, 1.807) is 12.1 Å². The number of carbonyl (C=O) groups excluding carboxylic acids is 1. The Morgan fingerprint density at radius 3 is 2.62 bits per heavy atom. The molecule has 0 saturated carbocycles. The molecule has 0 amide bonds. The third kappa shape index (κ3) is 2.48. The Morgan fingerprint density at radius 2 is 1.96 bits per heavy atom. The molecule has 0 radical (unpaired) electrons. The second-order valence-electron chi connectivity index (χ2n) is 7.76. The standard InChI is InChI=1S/C19H19BrFN3O2/c1-19(2,3)24-17-16(18(26)23-24)14(9-4-5-11(21)10(20)8-9)15-12(22-17)6-7-13(15)25/h4-5,8,14,22H,6-7H2,1-3H3,(H,23,26). The number of fused-ring (bicyclic) bond motifs is 1.